The molecule has 0 saturated carbocycles. The van der Waals surface area contributed by atoms with Crippen LogP contribution in [0.5, 0.6) is 0 Å². The zero-order chi connectivity index (χ0) is 10.6. The average Bonchev–Trinajstić information content (AvgIpc) is 2.18. The molecule has 0 saturated heterocycles. The van der Waals surface area contributed by atoms with Crippen molar-refractivity contribution in [2.75, 3.05) is 6.61 Å². The van der Waals surface area contributed by atoms with E-state index in [0.29, 0.717) is 0 Å². The average molecular weight is 261 g/mol. The van der Waals surface area contributed by atoms with Crippen molar-refractivity contribution in [1.82, 2.24) is 0 Å². The van der Waals surface area contributed by atoms with Crippen molar-refractivity contribution in [1.29, 1.82) is 0 Å². The lowest BCUT2D eigenvalue weighted by atomic mass is 10.2. The van der Waals surface area contributed by atoms with Gasteiger partial charge in [-0.05, 0) is 28.1 Å². The van der Waals surface area contributed by atoms with Crippen LogP contribution in [-0.2, 0) is 0 Å². The molecule has 0 heterocycles. The highest BCUT2D eigenvalue weighted by molar-refractivity contribution is 9.10. The minimum absolute atomic E-state index is 0.121. The molecule has 1 N–H and O–H groups in total. The number of benzene rings is 1. The van der Waals surface area contributed by atoms with Crippen LogP contribution in [0.1, 0.15) is 12.0 Å². The van der Waals surface area contributed by atoms with Gasteiger partial charge in [0.25, 0.3) is 0 Å². The van der Waals surface area contributed by atoms with E-state index < -0.39 is 11.6 Å². The molecule has 0 unspecified atom stereocenters. The van der Waals surface area contributed by atoms with Gasteiger partial charge < -0.3 is 5.11 Å². The van der Waals surface area contributed by atoms with E-state index in [9.17, 15) is 8.78 Å². The van der Waals surface area contributed by atoms with E-state index in [4.69, 9.17) is 5.11 Å². The summed E-state index contributed by atoms with van der Waals surface area (Å²) in [5.74, 6) is 3.38. The van der Waals surface area contributed by atoms with Crippen LogP contribution < -0.4 is 0 Å². The Balaban J connectivity index is 3.08. The van der Waals surface area contributed by atoms with Crippen LogP contribution in [0.15, 0.2) is 16.6 Å². The maximum absolute atomic E-state index is 13.2. The summed E-state index contributed by atoms with van der Waals surface area (Å²) >= 11 is 2.93. The summed E-state index contributed by atoms with van der Waals surface area (Å²) in [6, 6.07) is 2.41. The largest absolute Gasteiger partial charge is 0.395 e. The van der Waals surface area contributed by atoms with Crippen LogP contribution in [0, 0.1) is 23.5 Å². The Morgan fingerprint density at radius 3 is 2.71 bits per heavy atom. The van der Waals surface area contributed by atoms with Gasteiger partial charge in [-0.15, -0.1) is 0 Å². The van der Waals surface area contributed by atoms with E-state index in [1.165, 1.54) is 6.07 Å². The molecule has 0 atom stereocenters. The SMILES string of the molecule is OCCC#Cc1c(F)ccc(Br)c1F. The third kappa shape index (κ3) is 2.53. The number of hydrogen-bond acceptors (Lipinski definition) is 1. The van der Waals surface area contributed by atoms with E-state index in [1.807, 2.05) is 0 Å². The first-order valence-corrected chi connectivity index (χ1v) is 4.69. The highest BCUT2D eigenvalue weighted by atomic mass is 79.9. The van der Waals surface area contributed by atoms with Crippen LogP contribution >= 0.6 is 15.9 Å². The third-order valence-electron chi connectivity index (χ3n) is 1.49. The number of rotatable bonds is 1. The fraction of sp³-hybridized carbons (Fsp3) is 0.200. The first kappa shape index (κ1) is 11.2. The van der Waals surface area contributed by atoms with Crippen molar-refractivity contribution < 1.29 is 13.9 Å². The van der Waals surface area contributed by atoms with E-state index in [-0.39, 0.29) is 23.1 Å². The first-order valence-electron chi connectivity index (χ1n) is 3.90. The van der Waals surface area contributed by atoms with Gasteiger partial charge in [-0.3, -0.25) is 0 Å². The molecule has 0 bridgehead atoms. The Morgan fingerprint density at radius 1 is 1.36 bits per heavy atom. The van der Waals surface area contributed by atoms with Crippen molar-refractivity contribution >= 4 is 15.9 Å². The van der Waals surface area contributed by atoms with Gasteiger partial charge in [-0.25, -0.2) is 8.78 Å². The van der Waals surface area contributed by atoms with Crippen molar-refractivity contribution in [3.63, 3.8) is 0 Å². The van der Waals surface area contributed by atoms with Crippen molar-refractivity contribution in [2.45, 2.75) is 6.42 Å². The molecule has 1 nitrogen and oxygen atoms in total. The lowest BCUT2D eigenvalue weighted by molar-refractivity contribution is 0.305. The third-order valence-corrected chi connectivity index (χ3v) is 2.11. The molecule has 0 aromatic heterocycles. The molecule has 0 spiro atoms. The Bertz CT molecular complexity index is 393. The normalized spacial score (nSPS) is 9.43. The Hall–Kier alpha value is -0.920. The molecule has 1 rings (SSSR count). The zero-order valence-electron chi connectivity index (χ0n) is 7.15. The molecule has 4 heteroatoms. The van der Waals surface area contributed by atoms with Gasteiger partial charge in [0.05, 0.1) is 16.6 Å². The molecule has 0 aliphatic heterocycles. The van der Waals surface area contributed by atoms with Gasteiger partial charge in [0.15, 0.2) is 5.82 Å². The van der Waals surface area contributed by atoms with Gasteiger partial charge in [-0.2, -0.15) is 0 Å². The second-order valence-electron chi connectivity index (χ2n) is 2.49. The predicted molar refractivity (Wildman–Crippen MR) is 52.6 cm³/mol. The summed E-state index contributed by atoms with van der Waals surface area (Å²) in [5, 5.41) is 8.44. The van der Waals surface area contributed by atoms with Crippen LogP contribution in [0.25, 0.3) is 0 Å². The second-order valence-corrected chi connectivity index (χ2v) is 3.35. The highest BCUT2D eigenvalue weighted by Gasteiger charge is 2.09. The summed E-state index contributed by atoms with van der Waals surface area (Å²) < 4.78 is 26.4. The van der Waals surface area contributed by atoms with Crippen LogP contribution in [0.2, 0.25) is 0 Å². The molecule has 1 aromatic carbocycles. The highest BCUT2D eigenvalue weighted by Crippen LogP contribution is 2.20. The minimum Gasteiger partial charge on any atom is -0.395 e. The smallest absolute Gasteiger partial charge is 0.155 e. The van der Waals surface area contributed by atoms with E-state index in [1.54, 1.807) is 0 Å². The van der Waals surface area contributed by atoms with E-state index in [2.05, 4.69) is 27.8 Å². The Morgan fingerprint density at radius 2 is 2.07 bits per heavy atom. The van der Waals surface area contributed by atoms with Gasteiger partial charge in [-0.1, -0.05) is 11.8 Å². The summed E-state index contributed by atoms with van der Waals surface area (Å²) in [6.45, 7) is -0.121. The molecule has 14 heavy (non-hydrogen) atoms. The molecule has 0 fully saturated rings. The quantitative estimate of drug-likeness (QED) is 0.608. The standard InChI is InChI=1S/C10H7BrF2O/c11-8-4-5-9(12)7(10(8)13)3-1-2-6-14/h4-5,14H,2,6H2. The first-order chi connectivity index (χ1) is 6.66. The minimum atomic E-state index is -0.713. The number of hydrogen-bond donors (Lipinski definition) is 1. The molecule has 0 amide bonds. The van der Waals surface area contributed by atoms with Crippen molar-refractivity contribution in [2.24, 2.45) is 0 Å². The lowest BCUT2D eigenvalue weighted by Crippen LogP contribution is -1.91. The van der Waals surface area contributed by atoms with Crippen molar-refractivity contribution in [3.05, 3.63) is 33.8 Å². The van der Waals surface area contributed by atoms with Crippen LogP contribution in [-0.4, -0.2) is 11.7 Å². The Labute approximate surface area is 88.9 Å². The topological polar surface area (TPSA) is 20.2 Å². The van der Waals surface area contributed by atoms with Crippen LogP contribution in [0.4, 0.5) is 8.78 Å². The van der Waals surface area contributed by atoms with Crippen molar-refractivity contribution in [3.8, 4) is 11.8 Å². The van der Waals surface area contributed by atoms with E-state index >= 15 is 0 Å². The summed E-state index contributed by atoms with van der Waals surface area (Å²) in [6.07, 6.45) is 0.200. The fourth-order valence-corrected chi connectivity index (χ4v) is 1.18. The van der Waals surface area contributed by atoms with Gasteiger partial charge >= 0.3 is 0 Å². The van der Waals surface area contributed by atoms with Gasteiger partial charge in [0.1, 0.15) is 5.82 Å². The van der Waals surface area contributed by atoms with Crippen LogP contribution in [0.3, 0.4) is 0 Å². The maximum atomic E-state index is 13.2. The summed E-state index contributed by atoms with van der Waals surface area (Å²) in [7, 11) is 0. The lowest BCUT2D eigenvalue weighted by Gasteiger charge is -1.98. The summed E-state index contributed by atoms with van der Waals surface area (Å²) in [5.41, 5.74) is -0.271. The molecule has 0 aliphatic rings. The number of halogens is 3. The van der Waals surface area contributed by atoms with Gasteiger partial charge in [0, 0.05) is 6.42 Å². The second kappa shape index (κ2) is 5.08. The molecular formula is C10H7BrF2O. The summed E-state index contributed by atoms with van der Waals surface area (Å²) in [4.78, 5) is 0. The van der Waals surface area contributed by atoms with E-state index in [0.717, 1.165) is 6.07 Å². The zero-order valence-corrected chi connectivity index (χ0v) is 8.74. The Kier molecular flexibility index (Phi) is 4.05. The number of aliphatic hydroxyl groups excluding tert-OH is 1. The molecule has 0 aliphatic carbocycles. The maximum Gasteiger partial charge on any atom is 0.155 e. The molecule has 74 valence electrons. The fourth-order valence-electron chi connectivity index (χ4n) is 0.848. The number of aliphatic hydroxyl groups is 1. The predicted octanol–water partition coefficient (Wildman–Crippen LogP) is 2.46. The monoisotopic (exact) mass is 260 g/mol. The van der Waals surface area contributed by atoms with Gasteiger partial charge in [0.2, 0.25) is 0 Å². The molecule has 0 radical (unpaired) electrons. The molecular weight excluding hydrogens is 254 g/mol. The molecule has 1 aromatic rings.